The van der Waals surface area contributed by atoms with Gasteiger partial charge in [-0.05, 0) is 46.0 Å². The molecule has 0 amide bonds. The van der Waals surface area contributed by atoms with Gasteiger partial charge in [0, 0.05) is 25.2 Å². The van der Waals surface area contributed by atoms with Crippen molar-refractivity contribution >= 4 is 5.97 Å². The Labute approximate surface area is 127 Å². The lowest BCUT2D eigenvalue weighted by atomic mass is 9.96. The van der Waals surface area contributed by atoms with E-state index in [1.165, 1.54) is 20.0 Å². The van der Waals surface area contributed by atoms with Crippen LogP contribution in [0.3, 0.4) is 0 Å². The third kappa shape index (κ3) is 3.25. The van der Waals surface area contributed by atoms with Crippen molar-refractivity contribution in [2.24, 2.45) is 0 Å². The highest BCUT2D eigenvalue weighted by atomic mass is 16.5. The highest BCUT2D eigenvalue weighted by molar-refractivity contribution is 5.81. The molecule has 5 heteroatoms. The second-order valence-corrected chi connectivity index (χ2v) is 7.47. The first-order valence-corrected chi connectivity index (χ1v) is 8.18. The molecule has 120 valence electrons. The summed E-state index contributed by atoms with van der Waals surface area (Å²) in [4.78, 5) is 14.8. The zero-order valence-electron chi connectivity index (χ0n) is 13.5. The Morgan fingerprint density at radius 3 is 2.71 bits per heavy atom. The van der Waals surface area contributed by atoms with Crippen LogP contribution in [0.15, 0.2) is 0 Å². The topological polar surface area (TPSA) is 50.8 Å². The van der Waals surface area contributed by atoms with Crippen LogP contribution in [0.2, 0.25) is 0 Å². The van der Waals surface area contributed by atoms with E-state index < -0.39 is 5.54 Å². The van der Waals surface area contributed by atoms with Crippen LogP contribution in [-0.2, 0) is 14.3 Å². The molecule has 0 spiro atoms. The lowest BCUT2D eigenvalue weighted by Gasteiger charge is -2.41. The van der Waals surface area contributed by atoms with Crippen LogP contribution in [0, 0.1) is 0 Å². The number of esters is 1. The summed E-state index contributed by atoms with van der Waals surface area (Å²) >= 11 is 0. The number of ether oxygens (including phenoxy) is 2. The van der Waals surface area contributed by atoms with Crippen molar-refractivity contribution in [3.8, 4) is 0 Å². The zero-order chi connectivity index (χ0) is 15.1. The first kappa shape index (κ1) is 15.3. The largest absolute Gasteiger partial charge is 0.468 e. The van der Waals surface area contributed by atoms with Gasteiger partial charge in [0.15, 0.2) is 0 Å². The Morgan fingerprint density at radius 2 is 2.10 bits per heavy atom. The molecule has 1 aliphatic heterocycles. The third-order valence-corrected chi connectivity index (χ3v) is 5.09. The Hall–Kier alpha value is -0.650. The van der Waals surface area contributed by atoms with Gasteiger partial charge in [-0.2, -0.15) is 0 Å². The summed E-state index contributed by atoms with van der Waals surface area (Å²) in [5.74, 6) is -0.0792. The maximum atomic E-state index is 12.3. The Morgan fingerprint density at radius 1 is 1.33 bits per heavy atom. The number of methoxy groups -OCH3 is 1. The summed E-state index contributed by atoms with van der Waals surface area (Å²) in [7, 11) is 1.50. The summed E-state index contributed by atoms with van der Waals surface area (Å²) in [5.41, 5.74) is -0.540. The van der Waals surface area contributed by atoms with Gasteiger partial charge >= 0.3 is 5.97 Å². The van der Waals surface area contributed by atoms with Crippen molar-refractivity contribution in [2.45, 2.75) is 69.2 Å². The van der Waals surface area contributed by atoms with Crippen molar-refractivity contribution < 1.29 is 14.3 Å². The molecule has 0 bridgehead atoms. The molecule has 5 nitrogen and oxygen atoms in total. The fraction of sp³-hybridized carbons (Fsp3) is 0.938. The van der Waals surface area contributed by atoms with Crippen molar-refractivity contribution in [2.75, 3.05) is 26.8 Å². The summed E-state index contributed by atoms with van der Waals surface area (Å²) in [5, 5.41) is 3.57. The van der Waals surface area contributed by atoms with Crippen LogP contribution < -0.4 is 5.32 Å². The second-order valence-electron chi connectivity index (χ2n) is 7.47. The van der Waals surface area contributed by atoms with E-state index in [2.05, 4.69) is 24.1 Å². The number of rotatable bonds is 4. The zero-order valence-corrected chi connectivity index (χ0v) is 13.5. The molecule has 2 unspecified atom stereocenters. The first-order valence-electron chi connectivity index (χ1n) is 8.18. The lowest BCUT2D eigenvalue weighted by molar-refractivity contribution is -0.149. The summed E-state index contributed by atoms with van der Waals surface area (Å²) in [6, 6.07) is 0.975. The van der Waals surface area contributed by atoms with Gasteiger partial charge in [0.25, 0.3) is 0 Å². The van der Waals surface area contributed by atoms with Crippen LogP contribution in [-0.4, -0.2) is 60.9 Å². The second kappa shape index (κ2) is 5.52. The minimum atomic E-state index is -0.455. The Bertz CT molecular complexity index is 408. The van der Waals surface area contributed by atoms with E-state index in [-0.39, 0.29) is 11.6 Å². The summed E-state index contributed by atoms with van der Waals surface area (Å²) in [6.45, 7) is 6.98. The molecule has 1 N–H and O–H groups in total. The Balaban J connectivity index is 1.68. The highest BCUT2D eigenvalue weighted by Gasteiger charge is 2.50. The average Bonchev–Trinajstić information content (AvgIpc) is 3.13. The van der Waals surface area contributed by atoms with Gasteiger partial charge in [-0.25, -0.2) is 0 Å². The number of hydrogen-bond acceptors (Lipinski definition) is 5. The van der Waals surface area contributed by atoms with Crippen molar-refractivity contribution in [3.05, 3.63) is 0 Å². The maximum Gasteiger partial charge on any atom is 0.326 e. The van der Waals surface area contributed by atoms with Crippen LogP contribution in [0.1, 0.15) is 46.0 Å². The first-order chi connectivity index (χ1) is 9.94. The van der Waals surface area contributed by atoms with E-state index in [1.54, 1.807) is 0 Å². The quantitative estimate of drug-likeness (QED) is 0.793. The van der Waals surface area contributed by atoms with Crippen LogP contribution >= 0.6 is 0 Å². The molecule has 1 heterocycles. The SMILES string of the molecule is COC(=O)C1(NC2CC2)CCC(N2CCOC(C)(C)C2)C1. The van der Waals surface area contributed by atoms with E-state index >= 15 is 0 Å². The Kier molecular flexibility index (Phi) is 4.01. The van der Waals surface area contributed by atoms with Gasteiger partial charge in [0.05, 0.1) is 19.3 Å². The number of hydrogen-bond donors (Lipinski definition) is 1. The standard InChI is InChI=1S/C16H28N2O3/c1-15(2)11-18(8-9-21-15)13-6-7-16(10-13,14(19)20-3)17-12-4-5-12/h12-13,17H,4-11H2,1-3H3. The van der Waals surface area contributed by atoms with Gasteiger partial charge in [-0.15, -0.1) is 0 Å². The molecule has 3 rings (SSSR count). The van der Waals surface area contributed by atoms with Crippen LogP contribution in [0.4, 0.5) is 0 Å². The van der Waals surface area contributed by atoms with Gasteiger partial charge in [-0.1, -0.05) is 0 Å². The molecular formula is C16H28N2O3. The van der Waals surface area contributed by atoms with Crippen LogP contribution in [0.25, 0.3) is 0 Å². The molecule has 3 aliphatic rings. The highest BCUT2D eigenvalue weighted by Crippen LogP contribution is 2.38. The van der Waals surface area contributed by atoms with Gasteiger partial charge in [0.2, 0.25) is 0 Å². The molecule has 0 radical (unpaired) electrons. The fourth-order valence-electron chi connectivity index (χ4n) is 3.88. The van der Waals surface area contributed by atoms with E-state index in [1.807, 2.05) is 0 Å². The monoisotopic (exact) mass is 296 g/mol. The molecule has 1 saturated heterocycles. The number of carbonyl (C=O) groups excluding carboxylic acids is 1. The molecule has 2 saturated carbocycles. The maximum absolute atomic E-state index is 12.3. The summed E-state index contributed by atoms with van der Waals surface area (Å²) in [6.07, 6.45) is 5.19. The van der Waals surface area contributed by atoms with Gasteiger partial charge in [-0.3, -0.25) is 15.0 Å². The summed E-state index contributed by atoms with van der Waals surface area (Å²) < 4.78 is 10.9. The molecule has 2 atom stereocenters. The van der Waals surface area contributed by atoms with E-state index in [0.29, 0.717) is 12.1 Å². The number of carbonyl (C=O) groups is 1. The molecule has 21 heavy (non-hydrogen) atoms. The van der Waals surface area contributed by atoms with Gasteiger partial charge < -0.3 is 9.47 Å². The third-order valence-electron chi connectivity index (χ3n) is 5.09. The smallest absolute Gasteiger partial charge is 0.326 e. The predicted molar refractivity (Wildman–Crippen MR) is 80.1 cm³/mol. The van der Waals surface area contributed by atoms with Crippen molar-refractivity contribution in [1.82, 2.24) is 10.2 Å². The fourth-order valence-corrected chi connectivity index (χ4v) is 3.88. The molecular weight excluding hydrogens is 268 g/mol. The van der Waals surface area contributed by atoms with E-state index in [9.17, 15) is 4.79 Å². The van der Waals surface area contributed by atoms with Gasteiger partial charge in [0.1, 0.15) is 5.54 Å². The van der Waals surface area contributed by atoms with Crippen molar-refractivity contribution in [3.63, 3.8) is 0 Å². The van der Waals surface area contributed by atoms with E-state index in [4.69, 9.17) is 9.47 Å². The predicted octanol–water partition coefficient (Wildman–Crippen LogP) is 1.31. The lowest BCUT2D eigenvalue weighted by Crippen LogP contribution is -2.55. The molecule has 0 aromatic heterocycles. The molecule has 0 aromatic rings. The van der Waals surface area contributed by atoms with Crippen LogP contribution in [0.5, 0.6) is 0 Å². The molecule has 0 aromatic carbocycles. The number of morpholine rings is 1. The number of nitrogens with one attached hydrogen (secondary N) is 1. The molecule has 2 aliphatic carbocycles. The minimum absolute atomic E-state index is 0.0792. The normalized spacial score (nSPS) is 36.6. The molecule has 3 fully saturated rings. The van der Waals surface area contributed by atoms with Crippen molar-refractivity contribution in [1.29, 1.82) is 0 Å². The van der Waals surface area contributed by atoms with E-state index in [0.717, 1.165) is 39.0 Å². The average molecular weight is 296 g/mol. The number of nitrogens with zero attached hydrogens (tertiary/aromatic N) is 1. The minimum Gasteiger partial charge on any atom is -0.468 e.